The van der Waals surface area contributed by atoms with Crippen LogP contribution in [0.3, 0.4) is 0 Å². The minimum atomic E-state index is -0.742. The number of amides is 1. The third-order valence-electron chi connectivity index (χ3n) is 4.19. The first-order valence-corrected chi connectivity index (χ1v) is 8.40. The number of hydrazone groups is 1. The number of phenolic OH excluding ortho intramolecular Hbond substituents is 1. The molecule has 0 aliphatic carbocycles. The number of rotatable bonds is 6. The van der Waals surface area contributed by atoms with Crippen molar-refractivity contribution in [3.63, 3.8) is 0 Å². The highest BCUT2D eigenvalue weighted by Gasteiger charge is 2.19. The molecule has 1 amide bonds. The first-order chi connectivity index (χ1) is 13.9. The van der Waals surface area contributed by atoms with E-state index < -0.39 is 22.3 Å². The van der Waals surface area contributed by atoms with Gasteiger partial charge in [-0.3, -0.25) is 14.9 Å². The monoisotopic (exact) mass is 395 g/mol. The topological polar surface area (TPSA) is 123 Å². The van der Waals surface area contributed by atoms with Gasteiger partial charge in [-0.25, -0.2) is 5.43 Å². The van der Waals surface area contributed by atoms with Crippen LogP contribution in [0.2, 0.25) is 0 Å². The average molecular weight is 395 g/mol. The van der Waals surface area contributed by atoms with Crippen molar-refractivity contribution < 1.29 is 24.3 Å². The van der Waals surface area contributed by atoms with Crippen LogP contribution in [0, 0.1) is 10.1 Å². The Hall–Kier alpha value is -4.14. The number of hydrogen-bond acceptors (Lipinski definition) is 7. The van der Waals surface area contributed by atoms with E-state index in [4.69, 9.17) is 9.47 Å². The lowest BCUT2D eigenvalue weighted by Crippen LogP contribution is -2.18. The number of nitro groups is 1. The maximum atomic E-state index is 12.5. The van der Waals surface area contributed by atoms with Crippen LogP contribution in [0.5, 0.6) is 17.2 Å². The molecule has 9 nitrogen and oxygen atoms in total. The number of carbonyl (C=O) groups is 1. The summed E-state index contributed by atoms with van der Waals surface area (Å²) in [6, 6.07) is 13.4. The highest BCUT2D eigenvalue weighted by molar-refractivity contribution is 6.02. The Kier molecular flexibility index (Phi) is 5.59. The van der Waals surface area contributed by atoms with Gasteiger partial charge in [0.25, 0.3) is 5.91 Å². The lowest BCUT2D eigenvalue weighted by molar-refractivity contribution is -0.386. The summed E-state index contributed by atoms with van der Waals surface area (Å²) in [7, 11) is 2.74. The van der Waals surface area contributed by atoms with Crippen molar-refractivity contribution >= 4 is 28.6 Å². The third-order valence-corrected chi connectivity index (χ3v) is 4.19. The number of ether oxygens (including phenoxy) is 2. The zero-order chi connectivity index (χ0) is 21.0. The predicted octanol–water partition coefficient (Wildman–Crippen LogP) is 3.23. The van der Waals surface area contributed by atoms with Gasteiger partial charge in [-0.15, -0.1) is 0 Å². The highest BCUT2D eigenvalue weighted by atomic mass is 16.6. The van der Waals surface area contributed by atoms with Gasteiger partial charge in [0.2, 0.25) is 5.75 Å². The number of benzene rings is 3. The molecule has 0 heterocycles. The van der Waals surface area contributed by atoms with Gasteiger partial charge in [-0.05, 0) is 29.0 Å². The molecule has 3 aromatic rings. The SMILES string of the molecule is COc1cc2ccccc2cc1C(=O)NN=Cc1cc(OC)c(O)c([N+](=O)[O-])c1. The van der Waals surface area contributed by atoms with Gasteiger partial charge in [0.05, 0.1) is 30.9 Å². The number of nitro benzene ring substituents is 1. The van der Waals surface area contributed by atoms with E-state index in [1.807, 2.05) is 24.3 Å². The molecule has 0 bridgehead atoms. The van der Waals surface area contributed by atoms with Crippen LogP contribution in [0.15, 0.2) is 53.6 Å². The molecule has 0 spiro atoms. The number of nitrogens with one attached hydrogen (secondary N) is 1. The van der Waals surface area contributed by atoms with Crippen LogP contribution in [-0.2, 0) is 0 Å². The van der Waals surface area contributed by atoms with Crippen molar-refractivity contribution in [2.45, 2.75) is 0 Å². The summed E-state index contributed by atoms with van der Waals surface area (Å²) in [6.45, 7) is 0. The van der Waals surface area contributed by atoms with Crippen molar-refractivity contribution in [1.29, 1.82) is 0 Å². The summed E-state index contributed by atoms with van der Waals surface area (Å²) in [5, 5.41) is 26.5. The van der Waals surface area contributed by atoms with Crippen molar-refractivity contribution in [2.75, 3.05) is 14.2 Å². The van der Waals surface area contributed by atoms with Gasteiger partial charge in [0.1, 0.15) is 5.75 Å². The fourth-order valence-electron chi connectivity index (χ4n) is 2.77. The van der Waals surface area contributed by atoms with Gasteiger partial charge >= 0.3 is 5.69 Å². The molecule has 0 unspecified atom stereocenters. The molecule has 2 N–H and O–H groups in total. The highest BCUT2D eigenvalue weighted by Crippen LogP contribution is 2.36. The molecule has 0 saturated heterocycles. The normalized spacial score (nSPS) is 10.8. The van der Waals surface area contributed by atoms with E-state index in [9.17, 15) is 20.0 Å². The number of aromatic hydroxyl groups is 1. The van der Waals surface area contributed by atoms with Crippen molar-refractivity contribution in [3.8, 4) is 17.2 Å². The Balaban J connectivity index is 1.86. The van der Waals surface area contributed by atoms with E-state index in [0.717, 1.165) is 16.8 Å². The largest absolute Gasteiger partial charge is 0.500 e. The number of methoxy groups -OCH3 is 2. The number of carbonyl (C=O) groups excluding carboxylic acids is 1. The quantitative estimate of drug-likeness (QED) is 0.375. The Labute approximate surface area is 165 Å². The molecule has 9 heteroatoms. The lowest BCUT2D eigenvalue weighted by Gasteiger charge is -2.09. The lowest BCUT2D eigenvalue weighted by atomic mass is 10.1. The van der Waals surface area contributed by atoms with Gasteiger partial charge in [-0.1, -0.05) is 24.3 Å². The van der Waals surface area contributed by atoms with Gasteiger partial charge < -0.3 is 14.6 Å². The number of phenols is 1. The number of fused-ring (bicyclic) bond motifs is 1. The van der Waals surface area contributed by atoms with Crippen LogP contribution in [0.25, 0.3) is 10.8 Å². The van der Waals surface area contributed by atoms with Crippen molar-refractivity contribution in [1.82, 2.24) is 5.43 Å². The zero-order valence-corrected chi connectivity index (χ0v) is 15.6. The van der Waals surface area contributed by atoms with E-state index in [0.29, 0.717) is 5.75 Å². The van der Waals surface area contributed by atoms with Crippen LogP contribution in [-0.4, -0.2) is 36.4 Å². The van der Waals surface area contributed by atoms with Crippen molar-refractivity contribution in [3.05, 3.63) is 69.8 Å². The number of nitrogens with zero attached hydrogens (tertiary/aromatic N) is 2. The van der Waals surface area contributed by atoms with E-state index in [1.54, 1.807) is 12.1 Å². The Morgan fingerprint density at radius 2 is 1.76 bits per heavy atom. The standard InChI is InChI=1S/C20H17N3O6/c1-28-17-10-14-6-4-3-5-13(14)9-15(17)20(25)22-21-11-12-7-16(23(26)27)19(24)18(8-12)29-2/h3-11,24H,1-2H3,(H,22,25). The molecule has 0 fully saturated rings. The maximum Gasteiger partial charge on any atom is 0.315 e. The molecule has 148 valence electrons. The molecule has 3 rings (SSSR count). The fourth-order valence-corrected chi connectivity index (χ4v) is 2.77. The summed E-state index contributed by atoms with van der Waals surface area (Å²) in [5.74, 6) is -0.787. The summed E-state index contributed by atoms with van der Waals surface area (Å²) < 4.78 is 10.2. The van der Waals surface area contributed by atoms with Crippen LogP contribution in [0.4, 0.5) is 5.69 Å². The predicted molar refractivity (Wildman–Crippen MR) is 107 cm³/mol. The molecular weight excluding hydrogens is 378 g/mol. The first-order valence-electron chi connectivity index (χ1n) is 8.40. The van der Waals surface area contributed by atoms with Crippen LogP contribution in [0.1, 0.15) is 15.9 Å². The van der Waals surface area contributed by atoms with E-state index >= 15 is 0 Å². The molecule has 0 saturated carbocycles. The van der Waals surface area contributed by atoms with Gasteiger partial charge in [0, 0.05) is 11.6 Å². The molecular formula is C20H17N3O6. The molecule has 3 aromatic carbocycles. The third kappa shape index (κ3) is 4.08. The van der Waals surface area contributed by atoms with Crippen LogP contribution < -0.4 is 14.9 Å². The summed E-state index contributed by atoms with van der Waals surface area (Å²) in [6.07, 6.45) is 1.21. The van der Waals surface area contributed by atoms with E-state index in [-0.39, 0.29) is 16.9 Å². The summed E-state index contributed by atoms with van der Waals surface area (Å²) >= 11 is 0. The maximum absolute atomic E-state index is 12.5. The van der Waals surface area contributed by atoms with Gasteiger partial charge in [-0.2, -0.15) is 5.10 Å². The van der Waals surface area contributed by atoms with E-state index in [2.05, 4.69) is 10.5 Å². The second kappa shape index (κ2) is 8.26. The molecule has 0 aliphatic rings. The average Bonchev–Trinajstić information content (AvgIpc) is 2.73. The minimum absolute atomic E-state index is 0.0804. The fraction of sp³-hybridized carbons (Fsp3) is 0.100. The summed E-state index contributed by atoms with van der Waals surface area (Å²) in [5.41, 5.74) is 2.38. The van der Waals surface area contributed by atoms with E-state index in [1.165, 1.54) is 26.5 Å². The Morgan fingerprint density at radius 3 is 2.38 bits per heavy atom. The van der Waals surface area contributed by atoms with Crippen LogP contribution >= 0.6 is 0 Å². The molecule has 29 heavy (non-hydrogen) atoms. The molecule has 0 aromatic heterocycles. The summed E-state index contributed by atoms with van der Waals surface area (Å²) in [4.78, 5) is 22.8. The second-order valence-electron chi connectivity index (χ2n) is 5.95. The Bertz CT molecular complexity index is 1130. The molecule has 0 radical (unpaired) electrons. The first kappa shape index (κ1) is 19.6. The smallest absolute Gasteiger partial charge is 0.315 e. The van der Waals surface area contributed by atoms with Crippen molar-refractivity contribution in [2.24, 2.45) is 5.10 Å². The minimum Gasteiger partial charge on any atom is -0.500 e. The number of hydrogen-bond donors (Lipinski definition) is 2. The zero-order valence-electron chi connectivity index (χ0n) is 15.6. The van der Waals surface area contributed by atoms with Gasteiger partial charge in [0.15, 0.2) is 5.75 Å². The molecule has 0 aliphatic heterocycles. The molecule has 0 atom stereocenters. The Morgan fingerprint density at radius 1 is 1.10 bits per heavy atom. The second-order valence-corrected chi connectivity index (χ2v) is 5.95.